The van der Waals surface area contributed by atoms with E-state index >= 15 is 0 Å². The van der Waals surface area contributed by atoms with Crippen molar-refractivity contribution in [1.29, 1.82) is 0 Å². The Hall–Kier alpha value is -1.06. The van der Waals surface area contributed by atoms with Crippen molar-refractivity contribution in [2.75, 3.05) is 13.1 Å². The highest BCUT2D eigenvalue weighted by Crippen LogP contribution is 2.19. The Morgan fingerprint density at radius 3 is 1.79 bits per heavy atom. The van der Waals surface area contributed by atoms with Crippen LogP contribution < -0.4 is 10.6 Å². The largest absolute Gasteiger partial charge is 0.354 e. The first-order valence-electron chi connectivity index (χ1n) is 7.10. The van der Waals surface area contributed by atoms with Crippen LogP contribution in [-0.4, -0.2) is 24.9 Å². The molecular weight excluding hydrogens is 240 g/mol. The van der Waals surface area contributed by atoms with E-state index in [9.17, 15) is 9.59 Å². The summed E-state index contributed by atoms with van der Waals surface area (Å²) in [5.74, 6) is 1.30. The number of hydrogen-bond acceptors (Lipinski definition) is 2. The van der Waals surface area contributed by atoms with E-state index in [0.29, 0.717) is 24.3 Å². The molecule has 0 unspecified atom stereocenters. The maximum absolute atomic E-state index is 11.7. The summed E-state index contributed by atoms with van der Waals surface area (Å²) in [5, 5.41) is 5.55. The van der Waals surface area contributed by atoms with Crippen molar-refractivity contribution in [3.05, 3.63) is 0 Å². The van der Waals surface area contributed by atoms with Crippen LogP contribution in [0.25, 0.3) is 0 Å². The molecule has 0 aliphatic heterocycles. The van der Waals surface area contributed by atoms with Gasteiger partial charge >= 0.3 is 0 Å². The van der Waals surface area contributed by atoms with Crippen LogP contribution in [-0.2, 0) is 9.59 Å². The molecule has 0 aromatic heterocycles. The Labute approximate surface area is 117 Å². The quantitative estimate of drug-likeness (QED) is 0.777. The molecule has 0 rings (SSSR count). The minimum Gasteiger partial charge on any atom is -0.354 e. The molecule has 4 heteroatoms. The Bertz CT molecular complexity index is 296. The lowest BCUT2D eigenvalue weighted by molar-refractivity contribution is -0.131. The summed E-state index contributed by atoms with van der Waals surface area (Å²) in [7, 11) is 0. The van der Waals surface area contributed by atoms with Crippen molar-refractivity contribution in [2.45, 2.75) is 48.5 Å². The topological polar surface area (TPSA) is 58.2 Å². The van der Waals surface area contributed by atoms with Crippen LogP contribution in [0, 0.1) is 23.2 Å². The second-order valence-corrected chi connectivity index (χ2v) is 6.89. The molecule has 0 radical (unpaired) electrons. The molecular formula is C15H30N2O2. The van der Waals surface area contributed by atoms with Gasteiger partial charge in [-0.15, -0.1) is 0 Å². The monoisotopic (exact) mass is 270 g/mol. The first-order chi connectivity index (χ1) is 8.55. The molecule has 0 spiro atoms. The van der Waals surface area contributed by atoms with E-state index in [1.165, 1.54) is 0 Å². The van der Waals surface area contributed by atoms with Gasteiger partial charge in [-0.3, -0.25) is 9.59 Å². The van der Waals surface area contributed by atoms with Gasteiger partial charge in [0, 0.05) is 12.0 Å². The predicted molar refractivity (Wildman–Crippen MR) is 78.6 cm³/mol. The van der Waals surface area contributed by atoms with Crippen molar-refractivity contribution in [2.24, 2.45) is 23.2 Å². The van der Waals surface area contributed by atoms with Gasteiger partial charge in [-0.2, -0.15) is 0 Å². The summed E-state index contributed by atoms with van der Waals surface area (Å²) < 4.78 is 0. The van der Waals surface area contributed by atoms with Crippen LogP contribution in [0.2, 0.25) is 0 Å². The van der Waals surface area contributed by atoms with Gasteiger partial charge in [0.25, 0.3) is 0 Å². The minimum absolute atomic E-state index is 0.0546. The second-order valence-electron chi connectivity index (χ2n) is 6.89. The lowest BCUT2D eigenvalue weighted by Gasteiger charge is -2.25. The second kappa shape index (κ2) is 7.51. The van der Waals surface area contributed by atoms with E-state index in [1.807, 2.05) is 20.8 Å². The third kappa shape index (κ3) is 7.19. The molecule has 0 aliphatic carbocycles. The maximum Gasteiger partial charge on any atom is 0.239 e. The number of carbonyl (C=O) groups is 2. The van der Waals surface area contributed by atoms with Crippen molar-refractivity contribution < 1.29 is 9.59 Å². The molecule has 0 atom stereocenters. The van der Waals surface area contributed by atoms with E-state index in [-0.39, 0.29) is 18.4 Å². The summed E-state index contributed by atoms with van der Waals surface area (Å²) in [6.07, 6.45) is 0. The van der Waals surface area contributed by atoms with Crippen LogP contribution in [0.4, 0.5) is 0 Å². The summed E-state index contributed by atoms with van der Waals surface area (Å²) in [6, 6.07) is 0. The Kier molecular flexibility index (Phi) is 7.09. The molecule has 0 saturated carbocycles. The van der Waals surface area contributed by atoms with Crippen molar-refractivity contribution in [3.8, 4) is 0 Å². The lowest BCUT2D eigenvalue weighted by atomic mass is 9.85. The first kappa shape index (κ1) is 17.9. The molecule has 0 saturated heterocycles. The zero-order valence-electron chi connectivity index (χ0n) is 13.5. The fourth-order valence-corrected chi connectivity index (χ4v) is 1.96. The Morgan fingerprint density at radius 1 is 0.947 bits per heavy atom. The van der Waals surface area contributed by atoms with Gasteiger partial charge in [-0.25, -0.2) is 0 Å². The summed E-state index contributed by atoms with van der Waals surface area (Å²) >= 11 is 0. The number of carbonyl (C=O) groups excluding carboxylic acids is 2. The normalized spacial score (nSPS) is 12.1. The third-order valence-electron chi connectivity index (χ3n) is 3.34. The minimum atomic E-state index is -0.460. The van der Waals surface area contributed by atoms with Crippen LogP contribution in [0.15, 0.2) is 0 Å². The highest BCUT2D eigenvalue weighted by atomic mass is 16.2. The molecule has 19 heavy (non-hydrogen) atoms. The van der Waals surface area contributed by atoms with Crippen molar-refractivity contribution in [3.63, 3.8) is 0 Å². The SMILES string of the molecule is CC(C)C(CNC(=O)CNC(=O)C(C)(C)C)C(C)C. The molecule has 0 bridgehead atoms. The predicted octanol–water partition coefficient (Wildman–Crippen LogP) is 2.19. The smallest absolute Gasteiger partial charge is 0.239 e. The fourth-order valence-electron chi connectivity index (χ4n) is 1.96. The van der Waals surface area contributed by atoms with E-state index in [2.05, 4.69) is 38.3 Å². The Balaban J connectivity index is 4.09. The number of amides is 2. The Morgan fingerprint density at radius 2 is 1.42 bits per heavy atom. The first-order valence-corrected chi connectivity index (χ1v) is 7.10. The molecule has 0 aromatic carbocycles. The van der Waals surface area contributed by atoms with E-state index < -0.39 is 5.41 Å². The number of nitrogens with one attached hydrogen (secondary N) is 2. The number of hydrogen-bond donors (Lipinski definition) is 2. The van der Waals surface area contributed by atoms with E-state index in [0.717, 1.165) is 0 Å². The van der Waals surface area contributed by atoms with Gasteiger partial charge in [0.1, 0.15) is 0 Å². The van der Waals surface area contributed by atoms with Gasteiger partial charge in [0.15, 0.2) is 0 Å². The highest BCUT2D eigenvalue weighted by Gasteiger charge is 2.22. The van der Waals surface area contributed by atoms with Crippen LogP contribution in [0.1, 0.15) is 48.5 Å². The third-order valence-corrected chi connectivity index (χ3v) is 3.34. The lowest BCUT2D eigenvalue weighted by Crippen LogP contribution is -2.43. The average molecular weight is 270 g/mol. The summed E-state index contributed by atoms with van der Waals surface area (Å²) in [4.78, 5) is 23.3. The van der Waals surface area contributed by atoms with Crippen LogP contribution >= 0.6 is 0 Å². The molecule has 0 aliphatic rings. The molecule has 2 amide bonds. The zero-order valence-corrected chi connectivity index (χ0v) is 13.5. The standard InChI is InChI=1S/C15H30N2O2/c1-10(2)12(11(3)4)8-16-13(18)9-17-14(19)15(5,6)7/h10-12H,8-9H2,1-7H3,(H,16,18)(H,17,19). The van der Waals surface area contributed by atoms with Crippen molar-refractivity contribution >= 4 is 11.8 Å². The molecule has 4 nitrogen and oxygen atoms in total. The number of rotatable bonds is 6. The van der Waals surface area contributed by atoms with Crippen LogP contribution in [0.5, 0.6) is 0 Å². The van der Waals surface area contributed by atoms with E-state index in [4.69, 9.17) is 0 Å². The molecule has 0 aromatic rings. The zero-order chi connectivity index (χ0) is 15.2. The summed E-state index contributed by atoms with van der Waals surface area (Å²) in [6.45, 7) is 14.9. The molecule has 112 valence electrons. The van der Waals surface area contributed by atoms with Crippen molar-refractivity contribution in [1.82, 2.24) is 10.6 Å². The summed E-state index contributed by atoms with van der Waals surface area (Å²) in [5.41, 5.74) is -0.460. The molecule has 2 N–H and O–H groups in total. The molecule has 0 fully saturated rings. The highest BCUT2D eigenvalue weighted by molar-refractivity contribution is 5.87. The fraction of sp³-hybridized carbons (Fsp3) is 0.867. The van der Waals surface area contributed by atoms with E-state index in [1.54, 1.807) is 0 Å². The maximum atomic E-state index is 11.7. The molecule has 0 heterocycles. The van der Waals surface area contributed by atoms with Crippen LogP contribution in [0.3, 0.4) is 0 Å². The van der Waals surface area contributed by atoms with Gasteiger partial charge in [0.05, 0.1) is 6.54 Å². The van der Waals surface area contributed by atoms with Gasteiger partial charge in [-0.05, 0) is 17.8 Å². The average Bonchev–Trinajstić information content (AvgIpc) is 2.23. The van der Waals surface area contributed by atoms with Gasteiger partial charge in [0.2, 0.25) is 11.8 Å². The van der Waals surface area contributed by atoms with Gasteiger partial charge < -0.3 is 10.6 Å². The van der Waals surface area contributed by atoms with Gasteiger partial charge in [-0.1, -0.05) is 48.5 Å².